The summed E-state index contributed by atoms with van der Waals surface area (Å²) in [6, 6.07) is 8.72. The molecule has 0 bridgehead atoms. The lowest BCUT2D eigenvalue weighted by Gasteiger charge is -2.43. The summed E-state index contributed by atoms with van der Waals surface area (Å²) < 4.78 is 5.25. The van der Waals surface area contributed by atoms with Gasteiger partial charge in [-0.25, -0.2) is 0 Å². The van der Waals surface area contributed by atoms with E-state index in [0.29, 0.717) is 10.8 Å². The number of hydrogen-bond acceptors (Lipinski definition) is 1. The third-order valence-corrected chi connectivity index (χ3v) is 4.54. The van der Waals surface area contributed by atoms with Crippen LogP contribution in [0.25, 0.3) is 0 Å². The van der Waals surface area contributed by atoms with Gasteiger partial charge in [0.2, 0.25) is 0 Å². The van der Waals surface area contributed by atoms with E-state index in [1.807, 2.05) is 0 Å². The molecule has 1 heteroatoms. The van der Waals surface area contributed by atoms with Gasteiger partial charge in [0.1, 0.15) is 5.75 Å². The first-order chi connectivity index (χ1) is 7.99. The fraction of sp³-hybridized carbons (Fsp3) is 0.625. The highest BCUT2D eigenvalue weighted by atomic mass is 16.5. The molecule has 1 aliphatic carbocycles. The van der Waals surface area contributed by atoms with Crippen LogP contribution in [0.15, 0.2) is 24.3 Å². The van der Waals surface area contributed by atoms with Crippen LogP contribution < -0.4 is 4.74 Å². The van der Waals surface area contributed by atoms with E-state index < -0.39 is 0 Å². The van der Waals surface area contributed by atoms with Crippen LogP contribution in [0, 0.1) is 5.41 Å². The summed E-state index contributed by atoms with van der Waals surface area (Å²) in [6.07, 6.45) is 5.37. The summed E-state index contributed by atoms with van der Waals surface area (Å²) in [5.41, 5.74) is 2.18. The summed E-state index contributed by atoms with van der Waals surface area (Å²) in [5.74, 6) is 0.954. The minimum Gasteiger partial charge on any atom is -0.497 e. The van der Waals surface area contributed by atoms with Crippen molar-refractivity contribution in [2.24, 2.45) is 5.41 Å². The van der Waals surface area contributed by atoms with Crippen molar-refractivity contribution in [3.8, 4) is 5.75 Å². The van der Waals surface area contributed by atoms with E-state index in [4.69, 9.17) is 4.74 Å². The molecule has 1 aromatic carbocycles. The Morgan fingerprint density at radius 3 is 1.94 bits per heavy atom. The molecule has 0 N–H and O–H groups in total. The summed E-state index contributed by atoms with van der Waals surface area (Å²) >= 11 is 0. The van der Waals surface area contributed by atoms with Crippen LogP contribution >= 0.6 is 0 Å². The minimum absolute atomic E-state index is 0.331. The zero-order valence-corrected chi connectivity index (χ0v) is 11.5. The Labute approximate surface area is 105 Å². The Morgan fingerprint density at radius 2 is 1.53 bits per heavy atom. The summed E-state index contributed by atoms with van der Waals surface area (Å²) in [7, 11) is 1.73. The molecule has 1 saturated carbocycles. The van der Waals surface area contributed by atoms with E-state index in [2.05, 4.69) is 45.0 Å². The molecule has 94 valence electrons. The summed E-state index contributed by atoms with van der Waals surface area (Å²) in [5, 5.41) is 0. The van der Waals surface area contributed by atoms with Gasteiger partial charge in [0.05, 0.1) is 7.11 Å². The monoisotopic (exact) mass is 232 g/mol. The molecule has 1 aromatic rings. The van der Waals surface area contributed by atoms with Gasteiger partial charge in [0.15, 0.2) is 0 Å². The third kappa shape index (κ3) is 2.08. The molecule has 0 amide bonds. The predicted molar refractivity (Wildman–Crippen MR) is 72.6 cm³/mol. The van der Waals surface area contributed by atoms with Gasteiger partial charge in [-0.2, -0.15) is 0 Å². The second-order valence-electron chi connectivity index (χ2n) is 6.27. The first-order valence-electron chi connectivity index (χ1n) is 6.64. The number of methoxy groups -OCH3 is 1. The first-order valence-corrected chi connectivity index (χ1v) is 6.64. The smallest absolute Gasteiger partial charge is 0.118 e. The van der Waals surface area contributed by atoms with Crippen molar-refractivity contribution in [1.82, 2.24) is 0 Å². The first kappa shape index (κ1) is 12.5. The van der Waals surface area contributed by atoms with Crippen molar-refractivity contribution in [2.75, 3.05) is 7.11 Å². The molecule has 1 nitrogen and oxygen atoms in total. The van der Waals surface area contributed by atoms with Gasteiger partial charge in [-0.3, -0.25) is 0 Å². The minimum atomic E-state index is 0.331. The Balaban J connectivity index is 2.39. The molecule has 1 aliphatic rings. The molecule has 0 radical (unpaired) electrons. The quantitative estimate of drug-likeness (QED) is 0.726. The molecule has 0 spiro atoms. The van der Waals surface area contributed by atoms with E-state index in [-0.39, 0.29) is 0 Å². The maximum atomic E-state index is 5.25. The lowest BCUT2D eigenvalue weighted by Crippen LogP contribution is -2.37. The zero-order valence-electron chi connectivity index (χ0n) is 11.5. The van der Waals surface area contributed by atoms with Crippen molar-refractivity contribution < 1.29 is 4.74 Å². The molecule has 0 aliphatic heterocycles. The van der Waals surface area contributed by atoms with Crippen LogP contribution in [0.4, 0.5) is 0 Å². The van der Waals surface area contributed by atoms with Crippen LogP contribution in [0.1, 0.15) is 52.0 Å². The number of rotatable bonds is 2. The van der Waals surface area contributed by atoms with Crippen LogP contribution in [-0.2, 0) is 5.41 Å². The Hall–Kier alpha value is -0.980. The molecular formula is C16H24O. The largest absolute Gasteiger partial charge is 0.497 e. The van der Waals surface area contributed by atoms with Gasteiger partial charge < -0.3 is 4.74 Å². The van der Waals surface area contributed by atoms with Crippen LogP contribution in [0.5, 0.6) is 5.75 Å². The molecule has 17 heavy (non-hydrogen) atoms. The lowest BCUT2D eigenvalue weighted by molar-refractivity contribution is 0.187. The molecule has 0 saturated heterocycles. The van der Waals surface area contributed by atoms with Gasteiger partial charge in [-0.05, 0) is 36.0 Å². The van der Waals surface area contributed by atoms with Crippen molar-refractivity contribution in [3.05, 3.63) is 29.8 Å². The van der Waals surface area contributed by atoms with Crippen molar-refractivity contribution >= 4 is 0 Å². The molecule has 0 unspecified atom stereocenters. The van der Waals surface area contributed by atoms with E-state index in [9.17, 15) is 0 Å². The van der Waals surface area contributed by atoms with Crippen LogP contribution in [0.3, 0.4) is 0 Å². The van der Waals surface area contributed by atoms with E-state index in [0.717, 1.165) is 5.75 Å². The third-order valence-electron chi connectivity index (χ3n) is 4.54. The van der Waals surface area contributed by atoms with Crippen LogP contribution in [-0.4, -0.2) is 7.11 Å². The van der Waals surface area contributed by atoms with Crippen molar-refractivity contribution in [1.29, 1.82) is 0 Å². The summed E-state index contributed by atoms with van der Waals surface area (Å²) in [4.78, 5) is 0. The van der Waals surface area contributed by atoms with E-state index in [1.165, 1.54) is 31.2 Å². The fourth-order valence-electron chi connectivity index (χ4n) is 3.36. The molecule has 0 aromatic heterocycles. The maximum Gasteiger partial charge on any atom is 0.118 e. The average molecular weight is 232 g/mol. The second-order valence-corrected chi connectivity index (χ2v) is 6.27. The topological polar surface area (TPSA) is 9.23 Å². The second kappa shape index (κ2) is 4.36. The standard InChI is InChI=1S/C16H24O/c1-15(2,3)16(11-5-6-12-16)13-7-9-14(17-4)10-8-13/h7-10H,5-6,11-12H2,1-4H3. The fourth-order valence-corrected chi connectivity index (χ4v) is 3.36. The highest BCUT2D eigenvalue weighted by Gasteiger charge is 2.44. The SMILES string of the molecule is COc1ccc(C2(C(C)(C)C)CCCC2)cc1. The van der Waals surface area contributed by atoms with Gasteiger partial charge in [-0.1, -0.05) is 45.7 Å². The van der Waals surface area contributed by atoms with Gasteiger partial charge >= 0.3 is 0 Å². The van der Waals surface area contributed by atoms with E-state index in [1.54, 1.807) is 7.11 Å². The maximum absolute atomic E-state index is 5.25. The normalized spacial score (nSPS) is 19.3. The Morgan fingerprint density at radius 1 is 1.00 bits per heavy atom. The highest BCUT2D eigenvalue weighted by molar-refractivity contribution is 5.34. The van der Waals surface area contributed by atoms with Crippen LogP contribution in [0.2, 0.25) is 0 Å². The lowest BCUT2D eigenvalue weighted by atomic mass is 9.61. The van der Waals surface area contributed by atoms with Crippen molar-refractivity contribution in [3.63, 3.8) is 0 Å². The Kier molecular flexibility index (Phi) is 3.20. The molecule has 2 rings (SSSR count). The number of hydrogen-bond donors (Lipinski definition) is 0. The molecule has 1 fully saturated rings. The van der Waals surface area contributed by atoms with Gasteiger partial charge in [0, 0.05) is 5.41 Å². The predicted octanol–water partition coefficient (Wildman–Crippen LogP) is 4.55. The van der Waals surface area contributed by atoms with E-state index >= 15 is 0 Å². The molecular weight excluding hydrogens is 208 g/mol. The summed E-state index contributed by atoms with van der Waals surface area (Å²) in [6.45, 7) is 7.13. The van der Waals surface area contributed by atoms with Gasteiger partial charge in [0.25, 0.3) is 0 Å². The Bertz CT molecular complexity index is 364. The molecule has 0 heterocycles. The zero-order chi connectivity index (χ0) is 12.5. The number of benzene rings is 1. The van der Waals surface area contributed by atoms with Gasteiger partial charge in [-0.15, -0.1) is 0 Å². The highest BCUT2D eigenvalue weighted by Crippen LogP contribution is 2.52. The molecule has 0 atom stereocenters. The number of ether oxygens (including phenoxy) is 1. The average Bonchev–Trinajstić information content (AvgIpc) is 2.79. The van der Waals surface area contributed by atoms with Crippen molar-refractivity contribution in [2.45, 2.75) is 51.9 Å².